The average Bonchev–Trinajstić information content (AvgIpc) is 2.19. The third kappa shape index (κ3) is 3.04. The van der Waals surface area contributed by atoms with Crippen molar-refractivity contribution in [3.8, 4) is 12.3 Å². The molecule has 2 nitrogen and oxygen atoms in total. The lowest BCUT2D eigenvalue weighted by atomic mass is 10.1. The minimum absolute atomic E-state index is 0.227. The van der Waals surface area contributed by atoms with E-state index in [1.54, 1.807) is 20.8 Å². The summed E-state index contributed by atoms with van der Waals surface area (Å²) >= 11 is 0. The van der Waals surface area contributed by atoms with Gasteiger partial charge in [-0.15, -0.1) is 6.42 Å². The monoisotopic (exact) mass is 238 g/mol. The number of carbonyl (C=O) groups excluding carboxylic acids is 1. The van der Waals surface area contributed by atoms with E-state index in [4.69, 9.17) is 11.2 Å². The van der Waals surface area contributed by atoms with Crippen LogP contribution >= 0.6 is 0 Å². The van der Waals surface area contributed by atoms with Crippen molar-refractivity contribution in [2.24, 2.45) is 0 Å². The molecule has 1 rings (SSSR count). The zero-order chi connectivity index (χ0) is 13.2. The Morgan fingerprint density at radius 3 is 2.35 bits per heavy atom. The summed E-state index contributed by atoms with van der Waals surface area (Å²) in [5.74, 6) is -1.43. The van der Waals surface area contributed by atoms with E-state index in [9.17, 15) is 13.6 Å². The number of ether oxygens (including phenoxy) is 1. The first-order valence-electron chi connectivity index (χ1n) is 4.94. The van der Waals surface area contributed by atoms with Crippen molar-refractivity contribution in [3.05, 3.63) is 34.9 Å². The lowest BCUT2D eigenvalue weighted by Crippen LogP contribution is -2.24. The summed E-state index contributed by atoms with van der Waals surface area (Å²) in [4.78, 5) is 11.6. The topological polar surface area (TPSA) is 26.3 Å². The lowest BCUT2D eigenvalue weighted by Gasteiger charge is -2.19. The molecule has 0 unspecified atom stereocenters. The molecule has 0 amide bonds. The first-order chi connectivity index (χ1) is 7.76. The Hall–Kier alpha value is -1.89. The second-order valence-corrected chi connectivity index (χ2v) is 4.43. The molecule has 17 heavy (non-hydrogen) atoms. The summed E-state index contributed by atoms with van der Waals surface area (Å²) in [7, 11) is 0. The molecule has 0 N–H and O–H groups in total. The van der Waals surface area contributed by atoms with Crippen LogP contribution in [0.3, 0.4) is 0 Å². The Balaban J connectivity index is 3.14. The smallest absolute Gasteiger partial charge is 0.341 e. The highest BCUT2D eigenvalue weighted by Gasteiger charge is 2.23. The predicted molar refractivity (Wildman–Crippen MR) is 59.5 cm³/mol. The second kappa shape index (κ2) is 4.54. The molecule has 0 fully saturated rings. The Morgan fingerprint density at radius 1 is 1.29 bits per heavy atom. The largest absolute Gasteiger partial charge is 0.456 e. The standard InChI is InChI=1S/C13H12F2O2/c1-5-8-6-7-9(11(15)10(8)14)12(16)17-13(2,3)4/h1,6-7H,2-4H3. The van der Waals surface area contributed by atoms with Crippen LogP contribution < -0.4 is 0 Å². The number of hydrogen-bond acceptors (Lipinski definition) is 2. The zero-order valence-corrected chi connectivity index (χ0v) is 9.80. The quantitative estimate of drug-likeness (QED) is 0.555. The maximum absolute atomic E-state index is 13.5. The summed E-state index contributed by atoms with van der Waals surface area (Å²) in [6.45, 7) is 4.90. The van der Waals surface area contributed by atoms with Gasteiger partial charge in [-0.3, -0.25) is 0 Å². The Bertz CT molecular complexity index is 493. The first kappa shape index (κ1) is 13.2. The normalized spacial score (nSPS) is 10.8. The number of terminal acetylenes is 1. The highest BCUT2D eigenvalue weighted by molar-refractivity contribution is 5.90. The van der Waals surface area contributed by atoms with Crippen molar-refractivity contribution in [1.82, 2.24) is 0 Å². The van der Waals surface area contributed by atoms with E-state index in [0.717, 1.165) is 12.1 Å². The SMILES string of the molecule is C#Cc1ccc(C(=O)OC(C)(C)C)c(F)c1F. The van der Waals surface area contributed by atoms with Gasteiger partial charge in [-0.1, -0.05) is 5.92 Å². The molecular formula is C13H12F2O2. The van der Waals surface area contributed by atoms with Gasteiger partial charge in [0.1, 0.15) is 5.60 Å². The molecule has 0 radical (unpaired) electrons. The summed E-state index contributed by atoms with van der Waals surface area (Å²) < 4.78 is 31.8. The molecule has 0 saturated carbocycles. The van der Waals surface area contributed by atoms with Crippen molar-refractivity contribution in [3.63, 3.8) is 0 Å². The number of esters is 1. The average molecular weight is 238 g/mol. The van der Waals surface area contributed by atoms with Gasteiger partial charge in [0.05, 0.1) is 11.1 Å². The van der Waals surface area contributed by atoms with Crippen molar-refractivity contribution in [1.29, 1.82) is 0 Å². The maximum atomic E-state index is 13.5. The first-order valence-corrected chi connectivity index (χ1v) is 4.94. The maximum Gasteiger partial charge on any atom is 0.341 e. The zero-order valence-electron chi connectivity index (χ0n) is 9.80. The highest BCUT2D eigenvalue weighted by Crippen LogP contribution is 2.19. The Labute approximate surface area is 98.6 Å². The van der Waals surface area contributed by atoms with Crippen LogP contribution in [0.15, 0.2) is 12.1 Å². The molecule has 0 bridgehead atoms. The number of hydrogen-bond donors (Lipinski definition) is 0. The van der Waals surface area contributed by atoms with Gasteiger partial charge in [-0.05, 0) is 32.9 Å². The Kier molecular flexibility index (Phi) is 3.52. The van der Waals surface area contributed by atoms with Crippen LogP contribution in [0.1, 0.15) is 36.7 Å². The highest BCUT2D eigenvalue weighted by atomic mass is 19.2. The van der Waals surface area contributed by atoms with Gasteiger partial charge in [-0.2, -0.15) is 0 Å². The summed E-state index contributed by atoms with van der Waals surface area (Å²) in [5, 5.41) is 0. The number of carbonyl (C=O) groups is 1. The predicted octanol–water partition coefficient (Wildman–Crippen LogP) is 2.90. The van der Waals surface area contributed by atoms with Crippen LogP contribution in [0.5, 0.6) is 0 Å². The van der Waals surface area contributed by atoms with Crippen molar-refractivity contribution >= 4 is 5.97 Å². The van der Waals surface area contributed by atoms with Gasteiger partial charge < -0.3 is 4.74 Å². The van der Waals surface area contributed by atoms with Crippen LogP contribution in [0.4, 0.5) is 8.78 Å². The molecule has 0 aliphatic carbocycles. The molecule has 0 heterocycles. The van der Waals surface area contributed by atoms with E-state index >= 15 is 0 Å². The molecule has 0 saturated heterocycles. The van der Waals surface area contributed by atoms with Gasteiger partial charge >= 0.3 is 5.97 Å². The number of halogens is 2. The van der Waals surface area contributed by atoms with Crippen LogP contribution in [0.2, 0.25) is 0 Å². The van der Waals surface area contributed by atoms with Gasteiger partial charge in [0, 0.05) is 0 Å². The van der Waals surface area contributed by atoms with Crippen LogP contribution in [0, 0.1) is 24.0 Å². The molecule has 1 aromatic rings. The molecule has 0 spiro atoms. The van der Waals surface area contributed by atoms with E-state index < -0.39 is 28.8 Å². The van der Waals surface area contributed by atoms with E-state index in [0.29, 0.717) is 0 Å². The van der Waals surface area contributed by atoms with Crippen molar-refractivity contribution < 1.29 is 18.3 Å². The third-order valence-corrected chi connectivity index (χ3v) is 1.86. The summed E-state index contributed by atoms with van der Waals surface area (Å²) in [5.41, 5.74) is -1.46. The fraction of sp³-hybridized carbons (Fsp3) is 0.308. The fourth-order valence-corrected chi connectivity index (χ4v) is 1.15. The molecular weight excluding hydrogens is 226 g/mol. The van der Waals surface area contributed by atoms with Gasteiger partial charge in [0.25, 0.3) is 0 Å². The summed E-state index contributed by atoms with van der Waals surface area (Å²) in [6.07, 6.45) is 4.97. The van der Waals surface area contributed by atoms with Crippen LogP contribution in [0.25, 0.3) is 0 Å². The molecule has 0 aliphatic heterocycles. The molecule has 1 aromatic carbocycles. The summed E-state index contributed by atoms with van der Waals surface area (Å²) in [6, 6.07) is 2.28. The van der Waals surface area contributed by atoms with Crippen molar-refractivity contribution in [2.45, 2.75) is 26.4 Å². The van der Waals surface area contributed by atoms with E-state index in [1.165, 1.54) is 0 Å². The lowest BCUT2D eigenvalue weighted by molar-refractivity contribution is 0.00637. The van der Waals surface area contributed by atoms with E-state index in [-0.39, 0.29) is 5.56 Å². The minimum atomic E-state index is -1.28. The minimum Gasteiger partial charge on any atom is -0.456 e. The second-order valence-electron chi connectivity index (χ2n) is 4.43. The van der Waals surface area contributed by atoms with Crippen molar-refractivity contribution in [2.75, 3.05) is 0 Å². The van der Waals surface area contributed by atoms with Gasteiger partial charge in [-0.25, -0.2) is 13.6 Å². The molecule has 0 aromatic heterocycles. The van der Waals surface area contributed by atoms with Crippen LogP contribution in [-0.4, -0.2) is 11.6 Å². The molecule has 0 atom stereocenters. The van der Waals surface area contributed by atoms with Gasteiger partial charge in [0.2, 0.25) is 0 Å². The van der Waals surface area contributed by atoms with E-state index in [1.807, 2.05) is 5.92 Å². The number of rotatable bonds is 1. The van der Waals surface area contributed by atoms with E-state index in [2.05, 4.69) is 0 Å². The molecule has 90 valence electrons. The number of benzene rings is 1. The third-order valence-electron chi connectivity index (χ3n) is 1.86. The van der Waals surface area contributed by atoms with Crippen LogP contribution in [-0.2, 0) is 4.74 Å². The molecule has 0 aliphatic rings. The fourth-order valence-electron chi connectivity index (χ4n) is 1.15. The molecule has 4 heteroatoms. The Morgan fingerprint density at radius 2 is 1.88 bits per heavy atom. The van der Waals surface area contributed by atoms with Gasteiger partial charge in [0.15, 0.2) is 11.6 Å².